The first-order valence-electron chi connectivity index (χ1n) is 8.87. The molecule has 4 aromatic carbocycles. The maximum Gasteiger partial charge on any atom is 0.193 e. The van der Waals surface area contributed by atoms with Crippen LogP contribution in [0.15, 0.2) is 97.1 Å². The van der Waals surface area contributed by atoms with Crippen LogP contribution in [0.4, 0.5) is 0 Å². The van der Waals surface area contributed by atoms with Gasteiger partial charge in [-0.2, -0.15) is 0 Å². The van der Waals surface area contributed by atoms with Crippen molar-refractivity contribution in [3.05, 3.63) is 118 Å². The maximum absolute atomic E-state index is 12.8. The Morgan fingerprint density at radius 3 is 1.25 bits per heavy atom. The fourth-order valence-electron chi connectivity index (χ4n) is 3.13. The van der Waals surface area contributed by atoms with Gasteiger partial charge in [-0.3, -0.25) is 4.79 Å². The first kappa shape index (κ1) is 18.5. The number of hydrogen-bond acceptors (Lipinski definition) is 1. The minimum Gasteiger partial charge on any atom is -0.289 e. The van der Waals surface area contributed by atoms with E-state index in [1.54, 1.807) is 0 Å². The first-order chi connectivity index (χ1) is 13.6. The van der Waals surface area contributed by atoms with Crippen molar-refractivity contribution in [3.8, 4) is 22.3 Å². The van der Waals surface area contributed by atoms with Crippen LogP contribution in [0.2, 0.25) is 10.0 Å². The first-order valence-corrected chi connectivity index (χ1v) is 9.62. The van der Waals surface area contributed by atoms with E-state index in [0.29, 0.717) is 21.2 Å². The molecule has 0 N–H and O–H groups in total. The molecular weight excluding hydrogens is 387 g/mol. The molecule has 0 aliphatic rings. The predicted molar refractivity (Wildman–Crippen MR) is 117 cm³/mol. The molecule has 4 rings (SSSR count). The zero-order chi connectivity index (χ0) is 19.5. The summed E-state index contributed by atoms with van der Waals surface area (Å²) in [6.45, 7) is 0. The lowest BCUT2D eigenvalue weighted by Crippen LogP contribution is -2.00. The summed E-state index contributed by atoms with van der Waals surface area (Å²) in [6.07, 6.45) is 0. The highest BCUT2D eigenvalue weighted by molar-refractivity contribution is 6.31. The van der Waals surface area contributed by atoms with E-state index in [4.69, 9.17) is 23.2 Å². The average Bonchev–Trinajstić information content (AvgIpc) is 2.73. The second kappa shape index (κ2) is 8.02. The van der Waals surface area contributed by atoms with Gasteiger partial charge < -0.3 is 0 Å². The van der Waals surface area contributed by atoms with Gasteiger partial charge in [-0.25, -0.2) is 0 Å². The van der Waals surface area contributed by atoms with E-state index >= 15 is 0 Å². The van der Waals surface area contributed by atoms with Gasteiger partial charge in [0.1, 0.15) is 0 Å². The van der Waals surface area contributed by atoms with Gasteiger partial charge in [0.25, 0.3) is 0 Å². The molecule has 0 aliphatic carbocycles. The molecule has 0 unspecified atom stereocenters. The molecule has 3 heteroatoms. The summed E-state index contributed by atoms with van der Waals surface area (Å²) in [5.41, 5.74) is 5.41. The molecule has 0 atom stereocenters. The molecule has 1 nitrogen and oxygen atoms in total. The van der Waals surface area contributed by atoms with Crippen molar-refractivity contribution in [2.45, 2.75) is 0 Å². The van der Waals surface area contributed by atoms with Crippen molar-refractivity contribution >= 4 is 29.0 Å². The van der Waals surface area contributed by atoms with Gasteiger partial charge in [0.05, 0.1) is 0 Å². The Kier molecular flexibility index (Phi) is 5.29. The van der Waals surface area contributed by atoms with E-state index in [2.05, 4.69) is 0 Å². The van der Waals surface area contributed by atoms with E-state index in [1.165, 1.54) is 0 Å². The Hall–Kier alpha value is -2.87. The highest BCUT2D eigenvalue weighted by Gasteiger charge is 2.10. The fraction of sp³-hybridized carbons (Fsp3) is 0. The van der Waals surface area contributed by atoms with Crippen LogP contribution in [0.1, 0.15) is 15.9 Å². The normalized spacial score (nSPS) is 10.6. The van der Waals surface area contributed by atoms with Gasteiger partial charge in [0.2, 0.25) is 0 Å². The van der Waals surface area contributed by atoms with Crippen molar-refractivity contribution < 1.29 is 4.79 Å². The van der Waals surface area contributed by atoms with Crippen LogP contribution in [0.5, 0.6) is 0 Å². The number of carbonyl (C=O) groups excluding carboxylic acids is 1. The Balaban J connectivity index is 1.56. The van der Waals surface area contributed by atoms with Crippen LogP contribution < -0.4 is 0 Å². The molecule has 0 spiro atoms. The molecule has 0 radical (unpaired) electrons. The highest BCUT2D eigenvalue weighted by atomic mass is 35.5. The molecule has 0 saturated heterocycles. The number of ketones is 1. The molecular formula is C25H16Cl2O. The summed E-state index contributed by atoms with van der Waals surface area (Å²) >= 11 is 12.1. The van der Waals surface area contributed by atoms with Gasteiger partial charge in [-0.1, -0.05) is 96.0 Å². The average molecular weight is 403 g/mol. The summed E-state index contributed by atoms with van der Waals surface area (Å²) in [7, 11) is 0. The zero-order valence-electron chi connectivity index (χ0n) is 14.9. The Bertz CT molecular complexity index is 1040. The number of halogens is 2. The summed E-state index contributed by atoms with van der Waals surface area (Å²) in [5.74, 6) is -0.00436. The van der Waals surface area contributed by atoms with Crippen LogP contribution in [0, 0.1) is 0 Å². The lowest BCUT2D eigenvalue weighted by molar-refractivity contribution is 0.103. The van der Waals surface area contributed by atoms with Crippen molar-refractivity contribution in [3.63, 3.8) is 0 Å². The smallest absolute Gasteiger partial charge is 0.193 e. The van der Waals surface area contributed by atoms with Gasteiger partial charge in [0.15, 0.2) is 5.78 Å². The number of hydrogen-bond donors (Lipinski definition) is 0. The van der Waals surface area contributed by atoms with E-state index in [1.807, 2.05) is 97.1 Å². The lowest BCUT2D eigenvalue weighted by Gasteiger charge is -2.07. The molecule has 0 aliphatic heterocycles. The molecule has 0 amide bonds. The van der Waals surface area contributed by atoms with Crippen molar-refractivity contribution in [2.75, 3.05) is 0 Å². The monoisotopic (exact) mass is 402 g/mol. The summed E-state index contributed by atoms with van der Waals surface area (Å²) < 4.78 is 0. The van der Waals surface area contributed by atoms with Gasteiger partial charge in [0, 0.05) is 21.2 Å². The predicted octanol–water partition coefficient (Wildman–Crippen LogP) is 7.56. The van der Waals surface area contributed by atoms with E-state index in [-0.39, 0.29) is 5.78 Å². The lowest BCUT2D eigenvalue weighted by atomic mass is 9.97. The van der Waals surface area contributed by atoms with Crippen LogP contribution in [-0.4, -0.2) is 5.78 Å². The Labute approximate surface area is 174 Å². The second-order valence-electron chi connectivity index (χ2n) is 6.50. The molecule has 0 heterocycles. The fourth-order valence-corrected chi connectivity index (χ4v) is 3.51. The van der Waals surface area contributed by atoms with Gasteiger partial charge >= 0.3 is 0 Å². The molecule has 4 aromatic rings. The third-order valence-electron chi connectivity index (χ3n) is 4.61. The maximum atomic E-state index is 12.8. The SMILES string of the molecule is O=C(c1ccc(-c2cccc(Cl)c2)cc1)c1ccc(-c2cccc(Cl)c2)cc1. The molecule has 0 fully saturated rings. The zero-order valence-corrected chi connectivity index (χ0v) is 16.4. The van der Waals surface area contributed by atoms with Crippen LogP contribution in [0.25, 0.3) is 22.3 Å². The molecule has 0 bridgehead atoms. The third-order valence-corrected chi connectivity index (χ3v) is 5.08. The van der Waals surface area contributed by atoms with Crippen molar-refractivity contribution in [1.82, 2.24) is 0 Å². The van der Waals surface area contributed by atoms with Gasteiger partial charge in [-0.05, 0) is 46.5 Å². The Morgan fingerprint density at radius 1 is 0.500 bits per heavy atom. The van der Waals surface area contributed by atoms with E-state index in [9.17, 15) is 4.79 Å². The largest absolute Gasteiger partial charge is 0.289 e. The molecule has 0 saturated carbocycles. The molecule has 136 valence electrons. The van der Waals surface area contributed by atoms with Crippen LogP contribution in [0.3, 0.4) is 0 Å². The Morgan fingerprint density at radius 2 is 0.893 bits per heavy atom. The minimum atomic E-state index is -0.00436. The molecule has 28 heavy (non-hydrogen) atoms. The van der Waals surface area contributed by atoms with Crippen molar-refractivity contribution in [1.29, 1.82) is 0 Å². The highest BCUT2D eigenvalue weighted by Crippen LogP contribution is 2.25. The second-order valence-corrected chi connectivity index (χ2v) is 7.38. The standard InChI is InChI=1S/C25H16Cl2O/c26-23-5-1-3-21(15-23)17-7-11-19(12-8-17)25(28)20-13-9-18(10-14-20)22-4-2-6-24(27)16-22/h1-16H. The topological polar surface area (TPSA) is 17.1 Å². The number of rotatable bonds is 4. The summed E-state index contributed by atoms with van der Waals surface area (Å²) in [5, 5.41) is 1.38. The summed E-state index contributed by atoms with van der Waals surface area (Å²) in [4.78, 5) is 12.8. The number of benzene rings is 4. The molecule has 0 aromatic heterocycles. The summed E-state index contributed by atoms with van der Waals surface area (Å²) in [6, 6.07) is 30.5. The quantitative estimate of drug-likeness (QED) is 0.321. The number of carbonyl (C=O) groups is 1. The van der Waals surface area contributed by atoms with Crippen LogP contribution in [-0.2, 0) is 0 Å². The minimum absolute atomic E-state index is 0.00436. The van der Waals surface area contributed by atoms with Crippen molar-refractivity contribution in [2.24, 2.45) is 0 Å². The third kappa shape index (κ3) is 4.01. The van der Waals surface area contributed by atoms with Gasteiger partial charge in [-0.15, -0.1) is 0 Å². The van der Waals surface area contributed by atoms with E-state index in [0.717, 1.165) is 22.3 Å². The van der Waals surface area contributed by atoms with E-state index < -0.39 is 0 Å². The van der Waals surface area contributed by atoms with Crippen LogP contribution >= 0.6 is 23.2 Å².